The van der Waals surface area contributed by atoms with Crippen molar-refractivity contribution in [2.24, 2.45) is 5.92 Å². The van der Waals surface area contributed by atoms with Crippen molar-refractivity contribution in [3.8, 4) is 0 Å². The second kappa shape index (κ2) is 5.17. The van der Waals surface area contributed by atoms with E-state index in [4.69, 9.17) is 0 Å². The summed E-state index contributed by atoms with van der Waals surface area (Å²) in [6.45, 7) is 2.08. The lowest BCUT2D eigenvalue weighted by Crippen LogP contribution is -2.40. The Hall–Kier alpha value is -1.58. The first-order valence-electron chi connectivity index (χ1n) is 6.16. The van der Waals surface area contributed by atoms with Crippen molar-refractivity contribution in [3.05, 3.63) is 23.9 Å². The van der Waals surface area contributed by atoms with Gasteiger partial charge in [-0.2, -0.15) is 0 Å². The van der Waals surface area contributed by atoms with Crippen LogP contribution >= 0.6 is 0 Å². The highest BCUT2D eigenvalue weighted by atomic mass is 16.1. The number of pyridine rings is 1. The molecule has 17 heavy (non-hydrogen) atoms. The molecule has 1 heterocycles. The fraction of sp³-hybridized carbons (Fsp3) is 0.538. The van der Waals surface area contributed by atoms with Crippen molar-refractivity contribution in [2.75, 3.05) is 12.4 Å². The van der Waals surface area contributed by atoms with Gasteiger partial charge < -0.3 is 10.6 Å². The van der Waals surface area contributed by atoms with Crippen molar-refractivity contribution in [1.82, 2.24) is 10.3 Å². The van der Waals surface area contributed by atoms with Gasteiger partial charge in [0, 0.05) is 19.3 Å². The molecule has 0 saturated heterocycles. The van der Waals surface area contributed by atoms with E-state index in [0.717, 1.165) is 0 Å². The number of amides is 1. The van der Waals surface area contributed by atoms with Crippen LogP contribution in [0.25, 0.3) is 0 Å². The largest absolute Gasteiger partial charge is 0.372 e. The van der Waals surface area contributed by atoms with E-state index in [2.05, 4.69) is 22.5 Å². The van der Waals surface area contributed by atoms with Gasteiger partial charge in [0.25, 0.3) is 5.91 Å². The van der Waals surface area contributed by atoms with Gasteiger partial charge >= 0.3 is 0 Å². The normalized spacial score (nSPS) is 17.1. The standard InChI is InChI=1S/C13H19N3O/c1-9(10-5-3-6-10)16-13(17)11-7-4-8-15-12(11)14-2/h4,7-10H,3,5-6H2,1-2H3,(H,14,15)(H,16,17). The Morgan fingerprint density at radius 2 is 2.29 bits per heavy atom. The molecule has 1 unspecified atom stereocenters. The zero-order valence-electron chi connectivity index (χ0n) is 10.4. The molecule has 1 saturated carbocycles. The Kier molecular flexibility index (Phi) is 3.61. The Bertz CT molecular complexity index is 401. The first-order chi connectivity index (χ1) is 8.22. The maximum absolute atomic E-state index is 12.1. The molecule has 0 aromatic carbocycles. The molecule has 92 valence electrons. The summed E-state index contributed by atoms with van der Waals surface area (Å²) in [5.74, 6) is 1.24. The average molecular weight is 233 g/mol. The van der Waals surface area contributed by atoms with E-state index < -0.39 is 0 Å². The number of carbonyl (C=O) groups excluding carboxylic acids is 1. The molecule has 1 fully saturated rings. The molecule has 0 aliphatic heterocycles. The summed E-state index contributed by atoms with van der Waals surface area (Å²) in [6, 6.07) is 3.83. The minimum atomic E-state index is -0.0400. The van der Waals surface area contributed by atoms with Gasteiger partial charge in [-0.25, -0.2) is 4.98 Å². The van der Waals surface area contributed by atoms with Crippen LogP contribution in [0, 0.1) is 5.92 Å². The summed E-state index contributed by atoms with van der Waals surface area (Å²) < 4.78 is 0. The first kappa shape index (κ1) is 11.9. The topological polar surface area (TPSA) is 54.0 Å². The number of hydrogen-bond donors (Lipinski definition) is 2. The van der Waals surface area contributed by atoms with Crippen LogP contribution in [0.15, 0.2) is 18.3 Å². The maximum atomic E-state index is 12.1. The van der Waals surface area contributed by atoms with Crippen LogP contribution in [0.2, 0.25) is 0 Å². The predicted octanol–water partition coefficient (Wildman–Crippen LogP) is 2.04. The lowest BCUT2D eigenvalue weighted by atomic mass is 9.80. The zero-order chi connectivity index (χ0) is 12.3. The summed E-state index contributed by atoms with van der Waals surface area (Å²) in [6.07, 6.45) is 5.43. The molecule has 1 aromatic heterocycles. The van der Waals surface area contributed by atoms with Crippen molar-refractivity contribution in [3.63, 3.8) is 0 Å². The maximum Gasteiger partial charge on any atom is 0.255 e. The quantitative estimate of drug-likeness (QED) is 0.836. The molecule has 1 amide bonds. The van der Waals surface area contributed by atoms with Gasteiger partial charge in [0.1, 0.15) is 5.82 Å². The van der Waals surface area contributed by atoms with Gasteiger partial charge in [-0.05, 0) is 37.8 Å². The highest BCUT2D eigenvalue weighted by Gasteiger charge is 2.25. The average Bonchev–Trinajstić information content (AvgIpc) is 2.26. The van der Waals surface area contributed by atoms with Crippen LogP contribution in [-0.2, 0) is 0 Å². The lowest BCUT2D eigenvalue weighted by Gasteiger charge is -2.31. The Balaban J connectivity index is 2.03. The zero-order valence-corrected chi connectivity index (χ0v) is 10.4. The van der Waals surface area contributed by atoms with E-state index in [-0.39, 0.29) is 11.9 Å². The van der Waals surface area contributed by atoms with Crippen molar-refractivity contribution in [2.45, 2.75) is 32.2 Å². The molecule has 2 rings (SSSR count). The van der Waals surface area contributed by atoms with Gasteiger partial charge in [0.05, 0.1) is 5.56 Å². The SMILES string of the molecule is CNc1ncccc1C(=O)NC(C)C1CCC1. The number of anilines is 1. The summed E-state index contributed by atoms with van der Waals surface area (Å²) in [4.78, 5) is 16.2. The summed E-state index contributed by atoms with van der Waals surface area (Å²) in [5.41, 5.74) is 0.612. The van der Waals surface area contributed by atoms with E-state index in [0.29, 0.717) is 17.3 Å². The second-order valence-corrected chi connectivity index (χ2v) is 4.60. The van der Waals surface area contributed by atoms with Crippen LogP contribution in [0.1, 0.15) is 36.5 Å². The molecule has 1 aliphatic rings. The third-order valence-electron chi connectivity index (χ3n) is 3.50. The molecule has 4 heteroatoms. The Labute approximate surface area is 102 Å². The Morgan fingerprint density at radius 1 is 1.53 bits per heavy atom. The number of nitrogens with one attached hydrogen (secondary N) is 2. The summed E-state index contributed by atoms with van der Waals surface area (Å²) in [7, 11) is 1.77. The highest BCUT2D eigenvalue weighted by molar-refractivity contribution is 5.98. The van der Waals surface area contributed by atoms with E-state index >= 15 is 0 Å². The van der Waals surface area contributed by atoms with Crippen molar-refractivity contribution in [1.29, 1.82) is 0 Å². The van der Waals surface area contributed by atoms with E-state index in [1.807, 2.05) is 0 Å². The third-order valence-corrected chi connectivity index (χ3v) is 3.50. The second-order valence-electron chi connectivity index (χ2n) is 4.60. The molecule has 2 N–H and O–H groups in total. The van der Waals surface area contributed by atoms with Crippen LogP contribution in [0.4, 0.5) is 5.82 Å². The molecule has 4 nitrogen and oxygen atoms in total. The van der Waals surface area contributed by atoms with Crippen molar-refractivity contribution >= 4 is 11.7 Å². The van der Waals surface area contributed by atoms with Gasteiger partial charge in [0.2, 0.25) is 0 Å². The summed E-state index contributed by atoms with van der Waals surface area (Å²) >= 11 is 0. The fourth-order valence-electron chi connectivity index (χ4n) is 2.13. The lowest BCUT2D eigenvalue weighted by molar-refractivity contribution is 0.0910. The van der Waals surface area contributed by atoms with E-state index in [9.17, 15) is 4.79 Å². The van der Waals surface area contributed by atoms with Gasteiger partial charge in [-0.1, -0.05) is 6.42 Å². The minimum Gasteiger partial charge on any atom is -0.372 e. The number of hydrogen-bond acceptors (Lipinski definition) is 3. The number of rotatable bonds is 4. The minimum absolute atomic E-state index is 0.0400. The van der Waals surface area contributed by atoms with Gasteiger partial charge in [0.15, 0.2) is 0 Å². The molecular weight excluding hydrogens is 214 g/mol. The number of carbonyl (C=O) groups is 1. The summed E-state index contributed by atoms with van der Waals surface area (Å²) in [5, 5.41) is 5.99. The molecule has 1 atom stereocenters. The van der Waals surface area contributed by atoms with Crippen molar-refractivity contribution < 1.29 is 4.79 Å². The van der Waals surface area contributed by atoms with Crippen LogP contribution in [-0.4, -0.2) is 24.0 Å². The van der Waals surface area contributed by atoms with Gasteiger partial charge in [-0.15, -0.1) is 0 Å². The smallest absolute Gasteiger partial charge is 0.255 e. The predicted molar refractivity (Wildman–Crippen MR) is 68.1 cm³/mol. The number of nitrogens with zero attached hydrogens (tertiary/aromatic N) is 1. The molecule has 0 spiro atoms. The fourth-order valence-corrected chi connectivity index (χ4v) is 2.13. The molecule has 1 aliphatic carbocycles. The van der Waals surface area contributed by atoms with Crippen LogP contribution in [0.3, 0.4) is 0 Å². The highest BCUT2D eigenvalue weighted by Crippen LogP contribution is 2.29. The molecule has 0 radical (unpaired) electrons. The monoisotopic (exact) mass is 233 g/mol. The molecule has 0 bridgehead atoms. The van der Waals surface area contributed by atoms with Gasteiger partial charge in [-0.3, -0.25) is 4.79 Å². The van der Waals surface area contributed by atoms with Crippen LogP contribution in [0.5, 0.6) is 0 Å². The molecule has 1 aromatic rings. The van der Waals surface area contributed by atoms with E-state index in [1.54, 1.807) is 25.4 Å². The first-order valence-corrected chi connectivity index (χ1v) is 6.16. The van der Waals surface area contributed by atoms with Crippen LogP contribution < -0.4 is 10.6 Å². The Morgan fingerprint density at radius 3 is 2.88 bits per heavy atom. The third kappa shape index (κ3) is 2.57. The molecular formula is C13H19N3O. The number of aromatic nitrogens is 1. The van der Waals surface area contributed by atoms with E-state index in [1.165, 1.54) is 19.3 Å².